The van der Waals surface area contributed by atoms with Crippen LogP contribution in [0.2, 0.25) is 0 Å². The Morgan fingerprint density at radius 3 is 1.00 bits per heavy atom. The van der Waals surface area contributed by atoms with Crippen LogP contribution in [0.25, 0.3) is 0 Å². The van der Waals surface area contributed by atoms with Crippen LogP contribution in [-0.4, -0.2) is 0 Å². The minimum atomic E-state index is 0.0779. The molecular formula is C20H30. The van der Waals surface area contributed by atoms with Gasteiger partial charge in [-0.2, -0.15) is 0 Å². The lowest BCUT2D eigenvalue weighted by molar-refractivity contribution is 0.518. The molecule has 0 atom stereocenters. The highest BCUT2D eigenvalue weighted by molar-refractivity contribution is 5.46. The summed E-state index contributed by atoms with van der Waals surface area (Å²) in [5.74, 6) is 0. The quantitative estimate of drug-likeness (QED) is 0.506. The van der Waals surface area contributed by atoms with E-state index in [0.717, 1.165) is 22.3 Å². The Kier molecular flexibility index (Phi) is 6.22. The van der Waals surface area contributed by atoms with Crippen LogP contribution in [0.4, 0.5) is 0 Å². The van der Waals surface area contributed by atoms with Gasteiger partial charge in [0.05, 0.1) is 0 Å². The summed E-state index contributed by atoms with van der Waals surface area (Å²) in [5.41, 5.74) is 4.11. The zero-order valence-electron chi connectivity index (χ0n) is 14.1. The van der Waals surface area contributed by atoms with E-state index in [4.69, 9.17) is 0 Å². The molecular weight excluding hydrogens is 240 g/mol. The molecule has 0 radical (unpaired) electrons. The van der Waals surface area contributed by atoms with E-state index in [-0.39, 0.29) is 10.8 Å². The van der Waals surface area contributed by atoms with Gasteiger partial charge < -0.3 is 0 Å². The molecule has 0 fully saturated rings. The van der Waals surface area contributed by atoms with E-state index in [1.165, 1.54) is 0 Å². The van der Waals surface area contributed by atoms with Crippen molar-refractivity contribution in [3.05, 3.63) is 72.9 Å². The van der Waals surface area contributed by atoms with Gasteiger partial charge in [-0.25, -0.2) is 0 Å². The van der Waals surface area contributed by atoms with Crippen molar-refractivity contribution in [3.8, 4) is 0 Å². The van der Waals surface area contributed by atoms with Crippen molar-refractivity contribution in [1.82, 2.24) is 0 Å². The fourth-order valence-electron chi connectivity index (χ4n) is 1.12. The highest BCUT2D eigenvalue weighted by Crippen LogP contribution is 2.26. The van der Waals surface area contributed by atoms with E-state index in [1.54, 1.807) is 0 Å². The van der Waals surface area contributed by atoms with Gasteiger partial charge in [0, 0.05) is 0 Å². The minimum Gasteiger partial charge on any atom is -0.0953 e. The zero-order valence-corrected chi connectivity index (χ0v) is 14.1. The number of hydrogen-bond acceptors (Lipinski definition) is 0. The molecule has 20 heavy (non-hydrogen) atoms. The van der Waals surface area contributed by atoms with Gasteiger partial charge in [0.1, 0.15) is 0 Å². The smallest absolute Gasteiger partial charge is 0.0138 e. The van der Waals surface area contributed by atoms with Crippen LogP contribution in [0.1, 0.15) is 41.5 Å². The summed E-state index contributed by atoms with van der Waals surface area (Å²) in [6.07, 6.45) is 7.97. The molecule has 0 aromatic heterocycles. The number of rotatable bonds is 5. The Hall–Kier alpha value is -1.56. The molecule has 0 heteroatoms. The van der Waals surface area contributed by atoms with Crippen LogP contribution in [0.5, 0.6) is 0 Å². The first kappa shape index (κ1) is 18.4. The van der Waals surface area contributed by atoms with Gasteiger partial charge in [0.25, 0.3) is 0 Å². The molecule has 0 aliphatic rings. The third-order valence-corrected chi connectivity index (χ3v) is 3.31. The highest BCUT2D eigenvalue weighted by atomic mass is 14.2. The lowest BCUT2D eigenvalue weighted by Gasteiger charge is -2.19. The van der Waals surface area contributed by atoms with Gasteiger partial charge in [-0.1, -0.05) is 92.2 Å². The molecule has 0 saturated heterocycles. The first-order valence-corrected chi connectivity index (χ1v) is 6.99. The van der Waals surface area contributed by atoms with E-state index in [9.17, 15) is 0 Å². The van der Waals surface area contributed by atoms with Crippen molar-refractivity contribution in [3.63, 3.8) is 0 Å². The molecule has 0 aliphatic carbocycles. The Balaban J connectivity index is 4.71. The number of allylic oxidation sites excluding steroid dienone is 8. The predicted molar refractivity (Wildman–Crippen MR) is 93.8 cm³/mol. The maximum atomic E-state index is 4.07. The monoisotopic (exact) mass is 270 g/mol. The van der Waals surface area contributed by atoms with Crippen molar-refractivity contribution < 1.29 is 0 Å². The predicted octanol–water partition coefficient (Wildman–Crippen LogP) is 6.42. The lowest BCUT2D eigenvalue weighted by atomic mass is 9.86. The van der Waals surface area contributed by atoms with Gasteiger partial charge in [-0.3, -0.25) is 0 Å². The molecule has 0 aromatic rings. The molecule has 0 spiro atoms. The number of hydrogen-bond donors (Lipinski definition) is 0. The maximum absolute atomic E-state index is 4.07. The molecule has 0 nitrogen and oxygen atoms in total. The summed E-state index contributed by atoms with van der Waals surface area (Å²) >= 11 is 0. The van der Waals surface area contributed by atoms with Gasteiger partial charge in [0.15, 0.2) is 0 Å². The van der Waals surface area contributed by atoms with Crippen LogP contribution in [0.15, 0.2) is 72.9 Å². The highest BCUT2D eigenvalue weighted by Gasteiger charge is 2.12. The second kappa shape index (κ2) is 6.74. The summed E-state index contributed by atoms with van der Waals surface area (Å²) in [4.78, 5) is 0. The van der Waals surface area contributed by atoms with Gasteiger partial charge >= 0.3 is 0 Å². The van der Waals surface area contributed by atoms with Crippen LogP contribution in [0, 0.1) is 10.8 Å². The molecule has 0 unspecified atom stereocenters. The molecule has 110 valence electrons. The standard InChI is InChI=1S/C20H30/c1-15(11-13-17(3)19(5,6)7)16(2)12-14-18(4)20(8,9)10/h11-14H,1-4H2,5-10H3/b13-11-,14-12-. The van der Waals surface area contributed by atoms with E-state index in [0.29, 0.717) is 0 Å². The Bertz CT molecular complexity index is 419. The summed E-state index contributed by atoms with van der Waals surface area (Å²) in [6.45, 7) is 29.1. The van der Waals surface area contributed by atoms with Gasteiger partial charge in [0.2, 0.25) is 0 Å². The normalized spacial score (nSPS) is 12.9. The Labute approximate surface area is 126 Å². The largest absolute Gasteiger partial charge is 0.0953 e. The zero-order chi connectivity index (χ0) is 16.1. The maximum Gasteiger partial charge on any atom is -0.0138 e. The molecule has 0 amide bonds. The van der Waals surface area contributed by atoms with Crippen molar-refractivity contribution in [2.75, 3.05) is 0 Å². The Morgan fingerprint density at radius 1 is 0.550 bits per heavy atom. The summed E-state index contributed by atoms with van der Waals surface area (Å²) in [6, 6.07) is 0. The molecule has 0 aliphatic heterocycles. The van der Waals surface area contributed by atoms with E-state index < -0.39 is 0 Å². The first-order valence-electron chi connectivity index (χ1n) is 6.99. The van der Waals surface area contributed by atoms with Gasteiger partial charge in [-0.15, -0.1) is 0 Å². The van der Waals surface area contributed by atoms with Crippen LogP contribution >= 0.6 is 0 Å². The molecule has 0 heterocycles. The SMILES string of the molecule is C=C(/C=C\C(=C)C(C)(C)C)C(=C)/C=C\C(=C)C(C)(C)C. The van der Waals surface area contributed by atoms with Crippen molar-refractivity contribution >= 4 is 0 Å². The third-order valence-electron chi connectivity index (χ3n) is 3.31. The average Bonchev–Trinajstić information content (AvgIpc) is 2.29. The second-order valence-electron chi connectivity index (χ2n) is 7.27. The fourth-order valence-corrected chi connectivity index (χ4v) is 1.12. The molecule has 0 bridgehead atoms. The van der Waals surface area contributed by atoms with Crippen molar-refractivity contribution in [2.24, 2.45) is 10.8 Å². The van der Waals surface area contributed by atoms with Crippen LogP contribution in [-0.2, 0) is 0 Å². The molecule has 0 rings (SSSR count). The lowest BCUT2D eigenvalue weighted by Crippen LogP contribution is -2.06. The van der Waals surface area contributed by atoms with Crippen molar-refractivity contribution in [2.45, 2.75) is 41.5 Å². The fraction of sp³-hybridized carbons (Fsp3) is 0.400. The van der Waals surface area contributed by atoms with Crippen LogP contribution in [0.3, 0.4) is 0 Å². The average molecular weight is 270 g/mol. The summed E-state index contributed by atoms with van der Waals surface area (Å²) in [7, 11) is 0. The Morgan fingerprint density at radius 2 is 0.800 bits per heavy atom. The topological polar surface area (TPSA) is 0 Å². The van der Waals surface area contributed by atoms with Gasteiger partial charge in [-0.05, 0) is 33.1 Å². The summed E-state index contributed by atoms with van der Waals surface area (Å²) in [5, 5.41) is 0. The van der Waals surface area contributed by atoms with E-state index >= 15 is 0 Å². The molecule has 0 N–H and O–H groups in total. The van der Waals surface area contributed by atoms with Crippen molar-refractivity contribution in [1.29, 1.82) is 0 Å². The first-order chi connectivity index (χ1) is 8.85. The van der Waals surface area contributed by atoms with Crippen LogP contribution < -0.4 is 0 Å². The minimum absolute atomic E-state index is 0.0779. The van der Waals surface area contributed by atoms with E-state index in [2.05, 4.69) is 67.9 Å². The third kappa shape index (κ3) is 6.56. The molecule has 0 saturated carbocycles. The second-order valence-corrected chi connectivity index (χ2v) is 7.27. The van der Waals surface area contributed by atoms with E-state index in [1.807, 2.05) is 24.3 Å². The molecule has 0 aromatic carbocycles. The summed E-state index contributed by atoms with van der Waals surface area (Å²) < 4.78 is 0.